The summed E-state index contributed by atoms with van der Waals surface area (Å²) in [6.07, 6.45) is 3.55. The van der Waals surface area contributed by atoms with E-state index in [1.54, 1.807) is 0 Å². The second kappa shape index (κ2) is 7.39. The number of hydrogen-bond acceptors (Lipinski definition) is 3. The van der Waals surface area contributed by atoms with Gasteiger partial charge in [-0.15, -0.1) is 0 Å². The number of carbonyl (C=O) groups excluding carboxylic acids is 1. The predicted octanol–water partition coefficient (Wildman–Crippen LogP) is 2.75. The second-order valence-electron chi connectivity index (χ2n) is 8.02. The van der Waals surface area contributed by atoms with E-state index < -0.39 is 16.8 Å². The Kier molecular flexibility index (Phi) is 5.37. The molecule has 2 heterocycles. The average molecular weight is 358 g/mol. The van der Waals surface area contributed by atoms with E-state index >= 15 is 0 Å². The Morgan fingerprint density at radius 2 is 1.73 bits per heavy atom. The maximum atomic E-state index is 13.7. The summed E-state index contributed by atoms with van der Waals surface area (Å²) in [5, 5.41) is 9.77. The minimum Gasteiger partial charge on any atom is -0.481 e. The number of piperidine rings is 2. The third-order valence-electron chi connectivity index (χ3n) is 6.57. The lowest BCUT2D eigenvalue weighted by atomic mass is 9.70. The Labute approximate surface area is 156 Å². The molecule has 0 saturated carbocycles. The number of benzene rings is 1. The maximum absolute atomic E-state index is 13.7. The average Bonchev–Trinajstić information content (AvgIpc) is 2.69. The number of nitrogens with zero attached hydrogens (tertiary/aromatic N) is 2. The molecule has 0 bridgehead atoms. The molecule has 2 fully saturated rings. The highest BCUT2D eigenvalue weighted by Crippen LogP contribution is 2.40. The first-order chi connectivity index (χ1) is 12.4. The Morgan fingerprint density at radius 3 is 2.31 bits per heavy atom. The van der Waals surface area contributed by atoms with Gasteiger partial charge in [0.2, 0.25) is 5.91 Å². The molecule has 26 heavy (non-hydrogen) atoms. The number of rotatable bonds is 4. The van der Waals surface area contributed by atoms with Crippen molar-refractivity contribution in [3.63, 3.8) is 0 Å². The lowest BCUT2D eigenvalue weighted by Crippen LogP contribution is -2.57. The van der Waals surface area contributed by atoms with E-state index in [0.717, 1.165) is 37.9 Å². The van der Waals surface area contributed by atoms with Gasteiger partial charge in [-0.2, -0.15) is 0 Å². The van der Waals surface area contributed by atoms with Gasteiger partial charge in [0.1, 0.15) is 0 Å². The van der Waals surface area contributed by atoms with Crippen LogP contribution < -0.4 is 0 Å². The molecule has 0 aromatic heterocycles. The van der Waals surface area contributed by atoms with Crippen LogP contribution in [0.2, 0.25) is 0 Å². The maximum Gasteiger partial charge on any atom is 0.311 e. The Balaban J connectivity index is 1.92. The van der Waals surface area contributed by atoms with Gasteiger partial charge in [0.05, 0.1) is 10.8 Å². The minimum absolute atomic E-state index is 0.121. The van der Waals surface area contributed by atoms with Crippen LogP contribution in [0.25, 0.3) is 0 Å². The largest absolute Gasteiger partial charge is 0.481 e. The molecule has 142 valence electrons. The van der Waals surface area contributed by atoms with Crippen molar-refractivity contribution in [2.75, 3.05) is 33.2 Å². The van der Waals surface area contributed by atoms with Crippen LogP contribution in [0.3, 0.4) is 0 Å². The summed E-state index contributed by atoms with van der Waals surface area (Å²) in [6.45, 7) is 4.68. The SMILES string of the molecule is CC[C@]1(C(=O)O)CCCN(C(=O)C2(c3ccccc3)CCN(C)CC2)C1. The van der Waals surface area contributed by atoms with Crippen molar-refractivity contribution in [3.05, 3.63) is 35.9 Å². The summed E-state index contributed by atoms with van der Waals surface area (Å²) in [5.41, 5.74) is -0.249. The molecule has 1 amide bonds. The van der Waals surface area contributed by atoms with Crippen LogP contribution in [0.1, 0.15) is 44.6 Å². The molecule has 2 aliphatic heterocycles. The molecule has 1 aromatic carbocycles. The molecule has 5 nitrogen and oxygen atoms in total. The highest BCUT2D eigenvalue weighted by molar-refractivity contribution is 5.89. The van der Waals surface area contributed by atoms with E-state index in [9.17, 15) is 14.7 Å². The van der Waals surface area contributed by atoms with Crippen LogP contribution in [-0.2, 0) is 15.0 Å². The smallest absolute Gasteiger partial charge is 0.311 e. The molecular formula is C21H30N2O3. The summed E-state index contributed by atoms with van der Waals surface area (Å²) in [6, 6.07) is 10.1. The van der Waals surface area contributed by atoms with Gasteiger partial charge in [-0.25, -0.2) is 0 Å². The van der Waals surface area contributed by atoms with Crippen molar-refractivity contribution in [1.82, 2.24) is 9.80 Å². The fourth-order valence-electron chi connectivity index (χ4n) is 4.61. The molecule has 0 spiro atoms. The van der Waals surface area contributed by atoms with E-state index in [1.807, 2.05) is 30.0 Å². The highest BCUT2D eigenvalue weighted by Gasteiger charge is 2.48. The van der Waals surface area contributed by atoms with Crippen molar-refractivity contribution in [2.24, 2.45) is 5.41 Å². The Bertz CT molecular complexity index is 652. The number of hydrogen-bond donors (Lipinski definition) is 1. The zero-order valence-corrected chi connectivity index (χ0v) is 15.9. The molecule has 1 atom stereocenters. The summed E-state index contributed by atoms with van der Waals surface area (Å²) in [7, 11) is 2.09. The lowest BCUT2D eigenvalue weighted by molar-refractivity contribution is -0.157. The molecule has 2 aliphatic rings. The van der Waals surface area contributed by atoms with Crippen molar-refractivity contribution in [1.29, 1.82) is 0 Å². The Hall–Kier alpha value is -1.88. The molecule has 3 rings (SSSR count). The third-order valence-corrected chi connectivity index (χ3v) is 6.57. The fourth-order valence-corrected chi connectivity index (χ4v) is 4.61. The number of likely N-dealkylation sites (tertiary alicyclic amines) is 2. The van der Waals surface area contributed by atoms with Gasteiger partial charge in [0, 0.05) is 13.1 Å². The fraction of sp³-hybridized carbons (Fsp3) is 0.619. The first-order valence-corrected chi connectivity index (χ1v) is 9.70. The monoisotopic (exact) mass is 358 g/mol. The van der Waals surface area contributed by atoms with Gasteiger partial charge >= 0.3 is 5.97 Å². The quantitative estimate of drug-likeness (QED) is 0.899. The molecule has 0 aliphatic carbocycles. The van der Waals surface area contributed by atoms with Gasteiger partial charge in [-0.3, -0.25) is 9.59 Å². The zero-order chi connectivity index (χ0) is 18.8. The van der Waals surface area contributed by atoms with Crippen molar-refractivity contribution < 1.29 is 14.7 Å². The van der Waals surface area contributed by atoms with Gasteiger partial charge in [-0.05, 0) is 57.8 Å². The molecule has 0 radical (unpaired) electrons. The summed E-state index contributed by atoms with van der Waals surface area (Å²) in [4.78, 5) is 29.7. The number of aliphatic carboxylic acids is 1. The van der Waals surface area contributed by atoms with Crippen molar-refractivity contribution in [2.45, 2.75) is 44.4 Å². The standard InChI is InChI=1S/C21H30N2O3/c1-3-20(19(25)26)10-7-13-23(16-20)18(24)21(11-14-22(2)15-12-21)17-8-5-4-6-9-17/h4-6,8-9H,3,7,10-16H2,1-2H3,(H,25,26)/t20-/m0/s1. The van der Waals surface area contributed by atoms with E-state index in [1.165, 1.54) is 0 Å². The van der Waals surface area contributed by atoms with Crippen LogP contribution in [0.15, 0.2) is 30.3 Å². The number of carboxylic acid groups (broad SMARTS) is 1. The topological polar surface area (TPSA) is 60.9 Å². The van der Waals surface area contributed by atoms with Crippen LogP contribution in [0.5, 0.6) is 0 Å². The molecule has 5 heteroatoms. The van der Waals surface area contributed by atoms with Gasteiger partial charge in [-0.1, -0.05) is 37.3 Å². The van der Waals surface area contributed by atoms with E-state index in [-0.39, 0.29) is 5.91 Å². The van der Waals surface area contributed by atoms with Crippen LogP contribution in [0.4, 0.5) is 0 Å². The van der Waals surface area contributed by atoms with E-state index in [0.29, 0.717) is 25.9 Å². The van der Waals surface area contributed by atoms with E-state index in [4.69, 9.17) is 0 Å². The molecule has 2 saturated heterocycles. The van der Waals surface area contributed by atoms with Crippen LogP contribution >= 0.6 is 0 Å². The number of amides is 1. The molecule has 1 aromatic rings. The number of carboxylic acids is 1. The molecule has 0 unspecified atom stereocenters. The van der Waals surface area contributed by atoms with E-state index in [2.05, 4.69) is 24.1 Å². The van der Waals surface area contributed by atoms with Crippen molar-refractivity contribution in [3.8, 4) is 0 Å². The van der Waals surface area contributed by atoms with Crippen LogP contribution in [-0.4, -0.2) is 60.0 Å². The summed E-state index contributed by atoms with van der Waals surface area (Å²) >= 11 is 0. The summed E-state index contributed by atoms with van der Waals surface area (Å²) < 4.78 is 0. The molecular weight excluding hydrogens is 328 g/mol. The zero-order valence-electron chi connectivity index (χ0n) is 15.9. The Morgan fingerprint density at radius 1 is 1.08 bits per heavy atom. The van der Waals surface area contributed by atoms with Gasteiger partial charge in [0.15, 0.2) is 0 Å². The van der Waals surface area contributed by atoms with Crippen molar-refractivity contribution >= 4 is 11.9 Å². The predicted molar refractivity (Wildman–Crippen MR) is 101 cm³/mol. The lowest BCUT2D eigenvalue weighted by Gasteiger charge is -2.46. The minimum atomic E-state index is -0.794. The second-order valence-corrected chi connectivity index (χ2v) is 8.02. The highest BCUT2D eigenvalue weighted by atomic mass is 16.4. The first kappa shape index (κ1) is 18.9. The third kappa shape index (κ3) is 3.25. The first-order valence-electron chi connectivity index (χ1n) is 9.70. The van der Waals surface area contributed by atoms with Gasteiger partial charge < -0.3 is 14.9 Å². The van der Waals surface area contributed by atoms with Gasteiger partial charge in [0.25, 0.3) is 0 Å². The summed E-state index contributed by atoms with van der Waals surface area (Å²) in [5.74, 6) is -0.648. The normalized spacial score (nSPS) is 26.5. The molecule has 1 N–H and O–H groups in total. The number of carbonyl (C=O) groups is 2. The van der Waals surface area contributed by atoms with Crippen LogP contribution in [0, 0.1) is 5.41 Å².